The summed E-state index contributed by atoms with van der Waals surface area (Å²) in [6.45, 7) is 8.50. The number of hydrogen-bond acceptors (Lipinski definition) is 2. The summed E-state index contributed by atoms with van der Waals surface area (Å²) in [5, 5.41) is 6.99. The van der Waals surface area contributed by atoms with E-state index in [9.17, 15) is 0 Å². The summed E-state index contributed by atoms with van der Waals surface area (Å²) in [5.74, 6) is 0. The van der Waals surface area contributed by atoms with Gasteiger partial charge in [0.05, 0.1) is 0 Å². The van der Waals surface area contributed by atoms with Crippen LogP contribution in [0.15, 0.2) is 60.7 Å². The summed E-state index contributed by atoms with van der Waals surface area (Å²) in [6.07, 6.45) is 0. The number of anilines is 4. The molecule has 0 fully saturated rings. The van der Waals surface area contributed by atoms with Crippen LogP contribution < -0.4 is 10.6 Å². The van der Waals surface area contributed by atoms with Gasteiger partial charge in [0.15, 0.2) is 0 Å². The molecule has 0 radical (unpaired) electrons. The predicted octanol–water partition coefficient (Wildman–Crippen LogP) is 6.41. The molecule has 0 unspecified atom stereocenters. The second-order valence-corrected chi connectivity index (χ2v) is 6.47. The first-order valence-corrected chi connectivity index (χ1v) is 8.30. The zero-order valence-corrected chi connectivity index (χ0v) is 14.8. The van der Waals surface area contributed by atoms with Gasteiger partial charge in [-0.3, -0.25) is 0 Å². The molecule has 0 aromatic heterocycles. The van der Waals surface area contributed by atoms with Gasteiger partial charge in [-0.1, -0.05) is 24.3 Å². The highest BCUT2D eigenvalue weighted by Crippen LogP contribution is 2.26. The summed E-state index contributed by atoms with van der Waals surface area (Å²) in [7, 11) is 0. The molecule has 0 heterocycles. The third-order valence-electron chi connectivity index (χ3n) is 4.15. The number of hydrogen-bond donors (Lipinski definition) is 2. The van der Waals surface area contributed by atoms with Crippen molar-refractivity contribution in [3.8, 4) is 0 Å². The van der Waals surface area contributed by atoms with Crippen molar-refractivity contribution >= 4 is 22.7 Å². The first-order chi connectivity index (χ1) is 11.5. The van der Waals surface area contributed by atoms with Crippen molar-refractivity contribution in [3.05, 3.63) is 82.9 Å². The summed E-state index contributed by atoms with van der Waals surface area (Å²) < 4.78 is 0. The van der Waals surface area contributed by atoms with Crippen molar-refractivity contribution in [2.45, 2.75) is 27.7 Å². The second-order valence-electron chi connectivity index (χ2n) is 6.47. The Kier molecular flexibility index (Phi) is 4.57. The first-order valence-electron chi connectivity index (χ1n) is 8.30. The average molecular weight is 316 g/mol. The van der Waals surface area contributed by atoms with Crippen molar-refractivity contribution < 1.29 is 0 Å². The van der Waals surface area contributed by atoms with E-state index < -0.39 is 0 Å². The van der Waals surface area contributed by atoms with Crippen molar-refractivity contribution in [1.82, 2.24) is 0 Å². The largest absolute Gasteiger partial charge is 0.356 e. The molecule has 2 nitrogen and oxygen atoms in total. The molecule has 3 aromatic rings. The van der Waals surface area contributed by atoms with Gasteiger partial charge in [-0.05, 0) is 86.3 Å². The third kappa shape index (κ3) is 3.77. The van der Waals surface area contributed by atoms with Gasteiger partial charge in [-0.2, -0.15) is 0 Å². The van der Waals surface area contributed by atoms with Gasteiger partial charge in [0.1, 0.15) is 0 Å². The molecule has 0 bridgehead atoms. The molecule has 0 aliphatic rings. The van der Waals surface area contributed by atoms with E-state index in [-0.39, 0.29) is 0 Å². The maximum Gasteiger partial charge on any atom is 0.0443 e. The summed E-state index contributed by atoms with van der Waals surface area (Å²) in [6, 6.07) is 21.3. The van der Waals surface area contributed by atoms with E-state index in [0.717, 1.165) is 17.1 Å². The Morgan fingerprint density at radius 3 is 1.58 bits per heavy atom. The van der Waals surface area contributed by atoms with E-state index in [2.05, 4.69) is 99.0 Å². The van der Waals surface area contributed by atoms with Crippen LogP contribution in [-0.4, -0.2) is 0 Å². The van der Waals surface area contributed by atoms with Crippen LogP contribution in [0, 0.1) is 27.7 Å². The molecule has 0 saturated heterocycles. The van der Waals surface area contributed by atoms with Crippen LogP contribution in [0.1, 0.15) is 22.3 Å². The Labute approximate surface area is 144 Å². The molecular formula is C22H24N2. The maximum atomic E-state index is 3.52. The minimum absolute atomic E-state index is 1.09. The third-order valence-corrected chi connectivity index (χ3v) is 4.15. The summed E-state index contributed by atoms with van der Waals surface area (Å²) in [5.41, 5.74) is 9.55. The molecule has 0 amide bonds. The van der Waals surface area contributed by atoms with Crippen LogP contribution >= 0.6 is 0 Å². The van der Waals surface area contributed by atoms with Crippen LogP contribution in [0.4, 0.5) is 22.7 Å². The quantitative estimate of drug-likeness (QED) is 0.581. The molecule has 0 aliphatic heterocycles. The molecule has 3 aromatic carbocycles. The fraction of sp³-hybridized carbons (Fsp3) is 0.182. The van der Waals surface area contributed by atoms with E-state index in [4.69, 9.17) is 0 Å². The predicted molar refractivity (Wildman–Crippen MR) is 105 cm³/mol. The number of benzene rings is 3. The number of aryl methyl sites for hydroxylation is 4. The highest BCUT2D eigenvalue weighted by molar-refractivity contribution is 5.69. The molecule has 0 atom stereocenters. The first kappa shape index (κ1) is 16.1. The van der Waals surface area contributed by atoms with Gasteiger partial charge in [0.2, 0.25) is 0 Å². The monoisotopic (exact) mass is 316 g/mol. The van der Waals surface area contributed by atoms with E-state index in [1.165, 1.54) is 27.9 Å². The topological polar surface area (TPSA) is 24.1 Å². The molecule has 2 N–H and O–H groups in total. The Bertz CT molecular complexity index is 808. The van der Waals surface area contributed by atoms with Gasteiger partial charge >= 0.3 is 0 Å². The lowest BCUT2D eigenvalue weighted by Crippen LogP contribution is -1.96. The lowest BCUT2D eigenvalue weighted by Gasteiger charge is -2.14. The van der Waals surface area contributed by atoms with Gasteiger partial charge in [-0.15, -0.1) is 0 Å². The fourth-order valence-electron chi connectivity index (χ4n) is 3.01. The standard InChI is InChI=1S/C22H24N2/c1-15-12-16(2)14-21(13-15)23-19-8-10-20(11-9-19)24-22-17(3)6-5-7-18(22)4/h5-14,23-24H,1-4H3. The molecule has 2 heteroatoms. The SMILES string of the molecule is Cc1cc(C)cc(Nc2ccc(Nc3c(C)cccc3C)cc2)c1. The zero-order chi connectivity index (χ0) is 17.1. The number of nitrogens with one attached hydrogen (secondary N) is 2. The molecule has 0 aliphatic carbocycles. The Hall–Kier alpha value is -2.74. The minimum Gasteiger partial charge on any atom is -0.356 e. The van der Waals surface area contributed by atoms with Crippen molar-refractivity contribution in [3.63, 3.8) is 0 Å². The van der Waals surface area contributed by atoms with Crippen molar-refractivity contribution in [1.29, 1.82) is 0 Å². The Balaban J connectivity index is 1.76. The van der Waals surface area contributed by atoms with Crippen LogP contribution in [0.2, 0.25) is 0 Å². The number of rotatable bonds is 4. The van der Waals surface area contributed by atoms with Crippen LogP contribution in [-0.2, 0) is 0 Å². The highest BCUT2D eigenvalue weighted by atomic mass is 14.9. The van der Waals surface area contributed by atoms with Crippen LogP contribution in [0.5, 0.6) is 0 Å². The van der Waals surface area contributed by atoms with Crippen LogP contribution in [0.3, 0.4) is 0 Å². The lowest BCUT2D eigenvalue weighted by molar-refractivity contribution is 1.36. The van der Waals surface area contributed by atoms with Crippen molar-refractivity contribution in [2.24, 2.45) is 0 Å². The second kappa shape index (κ2) is 6.79. The van der Waals surface area contributed by atoms with E-state index in [0.29, 0.717) is 0 Å². The highest BCUT2D eigenvalue weighted by Gasteiger charge is 2.03. The Morgan fingerprint density at radius 1 is 0.542 bits per heavy atom. The summed E-state index contributed by atoms with van der Waals surface area (Å²) >= 11 is 0. The Morgan fingerprint density at radius 2 is 1.04 bits per heavy atom. The normalized spacial score (nSPS) is 10.5. The van der Waals surface area contributed by atoms with Gasteiger partial charge < -0.3 is 10.6 Å². The van der Waals surface area contributed by atoms with E-state index in [1.807, 2.05) is 0 Å². The minimum atomic E-state index is 1.09. The van der Waals surface area contributed by atoms with Crippen LogP contribution in [0.25, 0.3) is 0 Å². The number of para-hydroxylation sites is 1. The molecule has 0 saturated carbocycles. The van der Waals surface area contributed by atoms with Crippen molar-refractivity contribution in [2.75, 3.05) is 10.6 Å². The van der Waals surface area contributed by atoms with E-state index >= 15 is 0 Å². The zero-order valence-electron chi connectivity index (χ0n) is 14.8. The molecular weight excluding hydrogens is 292 g/mol. The van der Waals surface area contributed by atoms with E-state index in [1.54, 1.807) is 0 Å². The lowest BCUT2D eigenvalue weighted by atomic mass is 10.1. The average Bonchev–Trinajstić information content (AvgIpc) is 2.52. The summed E-state index contributed by atoms with van der Waals surface area (Å²) in [4.78, 5) is 0. The maximum absolute atomic E-state index is 3.52. The molecule has 0 spiro atoms. The molecule has 3 rings (SSSR count). The smallest absolute Gasteiger partial charge is 0.0443 e. The van der Waals surface area contributed by atoms with Gasteiger partial charge in [-0.25, -0.2) is 0 Å². The molecule has 24 heavy (non-hydrogen) atoms. The fourth-order valence-corrected chi connectivity index (χ4v) is 3.01. The van der Waals surface area contributed by atoms with Gasteiger partial charge in [0.25, 0.3) is 0 Å². The van der Waals surface area contributed by atoms with Gasteiger partial charge in [0, 0.05) is 22.7 Å². The molecule has 122 valence electrons.